The number of aliphatic carboxylic acids is 1. The summed E-state index contributed by atoms with van der Waals surface area (Å²) in [6.45, 7) is 36.0. The number of nitrogens with zero attached hydrogens (tertiary/aromatic N) is 8. The normalized spacial score (nSPS) is 13.4. The van der Waals surface area contributed by atoms with Gasteiger partial charge in [0, 0.05) is 114 Å². The summed E-state index contributed by atoms with van der Waals surface area (Å²) in [7, 11) is 3.59. The van der Waals surface area contributed by atoms with E-state index in [0.717, 1.165) is 104 Å². The number of ketones is 3. The molecule has 5 heterocycles. The second kappa shape index (κ2) is 40.0. The van der Waals surface area contributed by atoms with E-state index in [4.69, 9.17) is 81.9 Å². The highest BCUT2D eigenvalue weighted by atomic mass is 35.5. The van der Waals surface area contributed by atoms with E-state index in [9.17, 15) is 34.3 Å². The molecule has 1 saturated carbocycles. The molecule has 0 radical (unpaired) electrons. The molecule has 18 nitrogen and oxygen atoms in total. The average Bonchev–Trinajstić information content (AvgIpc) is 1.53. The first-order valence-corrected chi connectivity index (χ1v) is 47.1. The molecule has 678 valence electrons. The SMILES string of the molecule is CC(=O)[C@@H](OC(C)(C)C)c1c(C)c(C#N)c2nc(C)sc2c1-c1ccc(Cl)cc1.CC(=O)[C@@H](OC(C)(C)C)c1c(C)c(F)c2nc(C(=O)N(C)c3ccccc3)sc2c1-c1ccc(Cl)cc1Cl.CC(=O)[C@@H](OC(C)(C)C)c1c(C)cc2nc(-c3nccn3C)sc2c1-c1ccc(Cl)cc1.Cc1c([C@H](OC(C)(C)C)C(=O)O)c(-c2ccc(Cl)cc2)c2sc(CC3CC3)nc2c1F. The molecule has 4 atom stereocenters. The van der Waals surface area contributed by atoms with Gasteiger partial charge < -0.3 is 33.5 Å². The van der Waals surface area contributed by atoms with Crippen LogP contribution >= 0.6 is 103 Å². The van der Waals surface area contributed by atoms with Crippen LogP contribution in [0.25, 0.3) is 96.2 Å². The van der Waals surface area contributed by atoms with E-state index in [1.165, 1.54) is 54.3 Å². The number of carbonyl (C=O) groups excluding carboxylic acids is 4. The Kier molecular flexibility index (Phi) is 30.6. The van der Waals surface area contributed by atoms with E-state index >= 15 is 8.78 Å². The molecule has 1 fully saturated rings. The first-order valence-electron chi connectivity index (χ1n) is 41.9. The van der Waals surface area contributed by atoms with Gasteiger partial charge in [0.2, 0.25) is 0 Å². The number of carboxylic acid groups (broad SMARTS) is 1. The maximum absolute atomic E-state index is 16.0. The van der Waals surface area contributed by atoms with Crippen LogP contribution < -0.4 is 4.90 Å². The minimum atomic E-state index is -1.32. The third-order valence-electron chi connectivity index (χ3n) is 21.1. The molecule has 5 aromatic heterocycles. The Morgan fingerprint density at radius 2 is 0.969 bits per heavy atom. The molecule has 1 aliphatic rings. The van der Waals surface area contributed by atoms with E-state index in [2.05, 4.69) is 26.0 Å². The van der Waals surface area contributed by atoms with Crippen LogP contribution in [0.1, 0.15) is 211 Å². The van der Waals surface area contributed by atoms with E-state index in [1.807, 2.05) is 186 Å². The predicted octanol–water partition coefficient (Wildman–Crippen LogP) is 28.7. The highest BCUT2D eigenvalue weighted by molar-refractivity contribution is 7.22. The van der Waals surface area contributed by atoms with Crippen LogP contribution in [0.2, 0.25) is 25.1 Å². The number of benzene rings is 9. The monoisotopic (exact) mass is 1930 g/mol. The minimum Gasteiger partial charge on any atom is -0.479 e. The Bertz CT molecular complexity index is 6730. The summed E-state index contributed by atoms with van der Waals surface area (Å²) < 4.78 is 61.0. The van der Waals surface area contributed by atoms with Gasteiger partial charge in [-0.25, -0.2) is 38.5 Å². The number of carboxylic acids is 1. The highest BCUT2D eigenvalue weighted by Crippen LogP contribution is 2.52. The molecule has 0 spiro atoms. The van der Waals surface area contributed by atoms with Gasteiger partial charge in [-0.1, -0.05) is 119 Å². The number of imidazole rings is 1. The molecule has 0 aliphatic heterocycles. The van der Waals surface area contributed by atoms with Crippen molar-refractivity contribution >= 4 is 179 Å². The van der Waals surface area contributed by atoms with Crippen molar-refractivity contribution in [1.82, 2.24) is 29.5 Å². The van der Waals surface area contributed by atoms with Crippen molar-refractivity contribution in [3.05, 3.63) is 242 Å². The third kappa shape index (κ3) is 22.6. The summed E-state index contributed by atoms with van der Waals surface area (Å²) in [5.41, 5.74) is 11.1. The van der Waals surface area contributed by atoms with Crippen molar-refractivity contribution in [1.29, 1.82) is 5.26 Å². The summed E-state index contributed by atoms with van der Waals surface area (Å²) in [5, 5.41) is 25.2. The predicted molar refractivity (Wildman–Crippen MR) is 525 cm³/mol. The molecule has 0 bridgehead atoms. The minimum absolute atomic E-state index is 0.0279. The van der Waals surface area contributed by atoms with Crippen LogP contribution in [0, 0.1) is 63.5 Å². The number of rotatable bonds is 21. The Morgan fingerprint density at radius 1 is 0.531 bits per heavy atom. The van der Waals surface area contributed by atoms with Crippen LogP contribution in [0.3, 0.4) is 0 Å². The number of anilines is 1. The lowest BCUT2D eigenvalue weighted by Crippen LogP contribution is -2.28. The zero-order valence-electron chi connectivity index (χ0n) is 76.3. The van der Waals surface area contributed by atoms with Gasteiger partial charge in [0.1, 0.15) is 40.9 Å². The maximum Gasteiger partial charge on any atom is 0.337 e. The molecule has 130 heavy (non-hydrogen) atoms. The summed E-state index contributed by atoms with van der Waals surface area (Å²) >= 11 is 36.8. The first kappa shape index (κ1) is 99.4. The van der Waals surface area contributed by atoms with Gasteiger partial charge in [-0.15, -0.1) is 45.3 Å². The van der Waals surface area contributed by atoms with Crippen molar-refractivity contribution in [2.75, 3.05) is 11.9 Å². The molecule has 1 amide bonds. The maximum atomic E-state index is 16.0. The van der Waals surface area contributed by atoms with Crippen LogP contribution in [0.4, 0.5) is 14.5 Å². The Hall–Kier alpha value is -9.66. The average molecular weight is 1930 g/mol. The number of fused-ring (bicyclic) bond motifs is 4. The summed E-state index contributed by atoms with van der Waals surface area (Å²) in [4.78, 5) is 88.6. The van der Waals surface area contributed by atoms with E-state index in [-0.39, 0.29) is 39.0 Å². The van der Waals surface area contributed by atoms with Gasteiger partial charge >= 0.3 is 5.97 Å². The van der Waals surface area contributed by atoms with Gasteiger partial charge in [0.25, 0.3) is 5.91 Å². The Morgan fingerprint density at radius 3 is 1.42 bits per heavy atom. The molecular weight excluding hydrogens is 1830 g/mol. The molecular formula is C101H101Cl5F2N8O10S4. The van der Waals surface area contributed by atoms with Crippen LogP contribution in [-0.2, 0) is 51.6 Å². The van der Waals surface area contributed by atoms with Crippen LogP contribution in [0.15, 0.2) is 140 Å². The molecule has 29 heteroatoms. The second-order valence-electron chi connectivity index (χ2n) is 36.1. The molecule has 14 aromatic rings. The largest absolute Gasteiger partial charge is 0.479 e. The van der Waals surface area contributed by atoms with E-state index in [0.29, 0.717) is 90.5 Å². The number of nitriles is 1. The van der Waals surface area contributed by atoms with Gasteiger partial charge in [-0.05, 0) is 263 Å². The topological polar surface area (TPSA) is 239 Å². The van der Waals surface area contributed by atoms with E-state index in [1.54, 1.807) is 109 Å². The number of hydrogen-bond donors (Lipinski definition) is 1. The molecule has 15 rings (SSSR count). The first-order chi connectivity index (χ1) is 60.9. The number of carbonyl (C=O) groups is 5. The summed E-state index contributed by atoms with van der Waals surface area (Å²) in [5.74, 6) is -1.67. The van der Waals surface area contributed by atoms with Crippen molar-refractivity contribution in [3.63, 3.8) is 0 Å². The summed E-state index contributed by atoms with van der Waals surface area (Å²) in [6.07, 6.45) is 2.96. The quantitative estimate of drug-likeness (QED) is 0.0703. The zero-order chi connectivity index (χ0) is 95.2. The lowest BCUT2D eigenvalue weighted by atomic mass is 9.87. The Balaban J connectivity index is 0.000000158. The number of thiazole rings is 4. The number of hydrogen-bond acceptors (Lipinski definition) is 19. The van der Waals surface area contributed by atoms with Crippen molar-refractivity contribution in [2.24, 2.45) is 13.0 Å². The lowest BCUT2D eigenvalue weighted by Gasteiger charge is -2.29. The van der Waals surface area contributed by atoms with Crippen LogP contribution in [-0.4, -0.2) is 93.3 Å². The van der Waals surface area contributed by atoms with Gasteiger partial charge in [-0.2, -0.15) is 5.26 Å². The number of para-hydroxylation sites is 1. The zero-order valence-corrected chi connectivity index (χ0v) is 83.3. The third-order valence-corrected chi connectivity index (χ3v) is 26.7. The van der Waals surface area contributed by atoms with E-state index < -0.39 is 70.3 Å². The molecule has 1 aliphatic carbocycles. The number of aromatic nitrogens is 6. The molecule has 0 saturated heterocycles. The molecule has 9 aromatic carbocycles. The van der Waals surface area contributed by atoms with Gasteiger partial charge in [-0.3, -0.25) is 19.2 Å². The second-order valence-corrected chi connectivity index (χ2v) is 42.5. The standard InChI is InChI=1S/C29H27Cl2FN2O3S.C25H26ClN3O2S.C24H25ClFNO3S.C23H23ClN2O2S/c1-15-21(25(16(2)35)37-29(3,4)5)22(19-13-12-17(30)14-20(19)31)26-24(23(15)32)33-27(38-26)28(36)34(6)18-10-8-7-9-11-18;1-14-13-18-22(32-24(28-18)23-27-11-12-29(23)6)20(16-7-9-17(26)10-8-16)19(14)21(15(2)30)31-25(3,4)5;1-12-17(21(23(28)29)30-24(2,3)4)18(14-7-9-15(25)10-8-14)22-20(19(12)26)27-16(31-22)11-13-5-6-13;1-12-17(11-25)20-22(29-14(3)26-20)19(15-7-9-16(24)10-8-15)18(12)21(13(2)27)28-23(4,5)6/h7-14,25H,1-6H3;7-13,21H,1-6H3;7-10,13,21H,5-6,11H2,1-4H3,(H,28,29);7-10,21H,1-6H3/t25-;3*21-/m1101/s1. The fourth-order valence-electron chi connectivity index (χ4n) is 15.3. The van der Waals surface area contributed by atoms with Crippen molar-refractivity contribution < 1.29 is 56.8 Å². The molecule has 0 unspecified atom stereocenters. The number of Topliss-reactive ketones (excluding diaryl/α,β-unsaturated/α-hetero) is 3. The number of aryl methyl sites for hydroxylation is 3. The fourth-order valence-corrected chi connectivity index (χ4v) is 20.7. The lowest BCUT2D eigenvalue weighted by molar-refractivity contribution is -0.160. The number of halogens is 7. The van der Waals surface area contributed by atoms with Crippen molar-refractivity contribution in [2.45, 2.75) is 205 Å². The van der Waals surface area contributed by atoms with Crippen LogP contribution in [0.5, 0.6) is 0 Å². The van der Waals surface area contributed by atoms with Crippen molar-refractivity contribution in [3.8, 4) is 61.4 Å². The Labute approximate surface area is 796 Å². The number of ether oxygens (including phenoxy) is 4. The molecule has 1 N–H and O–H groups in total. The smallest absolute Gasteiger partial charge is 0.337 e. The van der Waals surface area contributed by atoms with Gasteiger partial charge in [0.05, 0.1) is 62.3 Å². The van der Waals surface area contributed by atoms with Gasteiger partial charge in [0.15, 0.2) is 50.9 Å². The number of amides is 1. The fraction of sp³-hybridized carbons (Fsp3) is 0.337. The summed E-state index contributed by atoms with van der Waals surface area (Å²) in [6, 6.07) is 40.7. The highest BCUT2D eigenvalue weighted by Gasteiger charge is 2.40.